The Hall–Kier alpha value is -2.03. The molecule has 8 nitrogen and oxygen atoms in total. The molecule has 2 rings (SSSR count). The fourth-order valence-corrected chi connectivity index (χ4v) is 3.56. The number of carbonyl (C=O) groups is 2. The third kappa shape index (κ3) is 14.9. The van der Waals surface area contributed by atoms with Crippen molar-refractivity contribution in [3.63, 3.8) is 0 Å². The third-order valence-electron chi connectivity index (χ3n) is 5.73. The first-order valence-corrected chi connectivity index (χ1v) is 13.1. The molecule has 0 aromatic heterocycles. The van der Waals surface area contributed by atoms with Crippen LogP contribution in [0.5, 0.6) is 5.75 Å². The van der Waals surface area contributed by atoms with Gasteiger partial charge in [0, 0.05) is 38.9 Å². The van der Waals surface area contributed by atoms with Gasteiger partial charge in [-0.1, -0.05) is 45.2 Å². The van der Waals surface area contributed by atoms with Gasteiger partial charge in [0.1, 0.15) is 5.75 Å². The van der Waals surface area contributed by atoms with Crippen LogP contribution in [0, 0.1) is 5.92 Å². The number of nitrogens with one attached hydrogen (secondary N) is 2. The van der Waals surface area contributed by atoms with Crippen LogP contribution in [0.1, 0.15) is 70.2 Å². The van der Waals surface area contributed by atoms with Crippen molar-refractivity contribution in [3.05, 3.63) is 22.7 Å². The van der Waals surface area contributed by atoms with E-state index in [-0.39, 0.29) is 5.91 Å². The number of anilines is 1. The normalized spacial score (nSPS) is 12.3. The molecular formula is C26H47ClN4O4. The molecule has 0 saturated carbocycles. The Morgan fingerprint density at radius 3 is 2.31 bits per heavy atom. The highest BCUT2D eigenvalue weighted by Gasteiger charge is 2.15. The van der Waals surface area contributed by atoms with Crippen LogP contribution in [-0.2, 0) is 9.53 Å². The molecule has 1 aliphatic rings. The Bertz CT molecular complexity index is 691. The minimum absolute atomic E-state index is 0.193. The maximum atomic E-state index is 12.4. The van der Waals surface area contributed by atoms with Crippen molar-refractivity contribution >= 4 is 29.6 Å². The second kappa shape index (κ2) is 21.3. The standard InChI is InChI=1S/C19H32ClN3O2.C4H8O.C3H7NO/c1-5-14(6-2)13-23(7-3)10-8-9-22-19(24)15-11-16(20)17(21)12-18(15)25-4;1-2-4-5-3-1;1-2-4-3-5/h11-12,14H,5-10,13,21H2,1-4H3,(H,22,24);1-4H2;3H,2H2,1H3,(H,4,5). The summed E-state index contributed by atoms with van der Waals surface area (Å²) in [7, 11) is 1.51. The summed E-state index contributed by atoms with van der Waals surface area (Å²) in [4.78, 5) is 24.1. The van der Waals surface area contributed by atoms with E-state index in [9.17, 15) is 9.59 Å². The fraction of sp³-hybridized carbons (Fsp3) is 0.692. The van der Waals surface area contributed by atoms with Crippen molar-refractivity contribution < 1.29 is 19.1 Å². The average Bonchev–Trinajstić information content (AvgIpc) is 3.46. The number of carbonyl (C=O) groups excluding carboxylic acids is 2. The third-order valence-corrected chi connectivity index (χ3v) is 6.06. The molecule has 0 atom stereocenters. The van der Waals surface area contributed by atoms with Crippen LogP contribution in [-0.4, -0.2) is 70.3 Å². The lowest BCUT2D eigenvalue weighted by atomic mass is 10.0. The van der Waals surface area contributed by atoms with Gasteiger partial charge in [-0.05, 0) is 51.3 Å². The van der Waals surface area contributed by atoms with Crippen molar-refractivity contribution in [2.75, 3.05) is 58.8 Å². The van der Waals surface area contributed by atoms with E-state index in [4.69, 9.17) is 26.8 Å². The number of ether oxygens (including phenoxy) is 2. The number of halogens is 1. The van der Waals surface area contributed by atoms with E-state index in [0.717, 1.165) is 51.7 Å². The van der Waals surface area contributed by atoms with Crippen LogP contribution in [0.2, 0.25) is 5.02 Å². The minimum atomic E-state index is -0.193. The van der Waals surface area contributed by atoms with Crippen LogP contribution in [0.3, 0.4) is 0 Å². The van der Waals surface area contributed by atoms with Crippen molar-refractivity contribution in [1.29, 1.82) is 0 Å². The van der Waals surface area contributed by atoms with E-state index in [2.05, 4.69) is 36.3 Å². The maximum absolute atomic E-state index is 12.4. The molecule has 35 heavy (non-hydrogen) atoms. The molecule has 1 fully saturated rings. The summed E-state index contributed by atoms with van der Waals surface area (Å²) in [6.07, 6.45) is 6.56. The van der Waals surface area contributed by atoms with E-state index in [1.54, 1.807) is 12.1 Å². The summed E-state index contributed by atoms with van der Waals surface area (Å²) in [5.41, 5.74) is 6.56. The van der Waals surface area contributed by atoms with Crippen LogP contribution in [0.4, 0.5) is 5.69 Å². The van der Waals surface area contributed by atoms with Crippen molar-refractivity contribution in [1.82, 2.24) is 15.5 Å². The number of amides is 2. The largest absolute Gasteiger partial charge is 0.496 e. The molecule has 2 amide bonds. The van der Waals surface area contributed by atoms with Gasteiger partial charge in [0.25, 0.3) is 5.91 Å². The summed E-state index contributed by atoms with van der Waals surface area (Å²) < 4.78 is 10.2. The van der Waals surface area contributed by atoms with Gasteiger partial charge in [-0.25, -0.2) is 0 Å². The lowest BCUT2D eigenvalue weighted by Gasteiger charge is -2.25. The highest BCUT2D eigenvalue weighted by atomic mass is 35.5. The number of nitrogens with zero attached hydrogens (tertiary/aromatic N) is 1. The molecule has 0 radical (unpaired) electrons. The van der Waals surface area contributed by atoms with E-state index in [0.29, 0.717) is 35.0 Å². The molecule has 1 aromatic carbocycles. The number of rotatable bonds is 13. The average molecular weight is 515 g/mol. The van der Waals surface area contributed by atoms with Crippen LogP contribution < -0.4 is 21.1 Å². The summed E-state index contributed by atoms with van der Waals surface area (Å²) in [6, 6.07) is 3.13. The Kier molecular flexibility index (Phi) is 20.0. The zero-order valence-corrected chi connectivity index (χ0v) is 23.1. The van der Waals surface area contributed by atoms with Gasteiger partial charge in [0.15, 0.2) is 0 Å². The van der Waals surface area contributed by atoms with Gasteiger partial charge in [0.05, 0.1) is 23.4 Å². The van der Waals surface area contributed by atoms with Crippen LogP contribution >= 0.6 is 11.6 Å². The van der Waals surface area contributed by atoms with Gasteiger partial charge >= 0.3 is 0 Å². The first-order chi connectivity index (χ1) is 16.9. The molecule has 1 aromatic rings. The highest BCUT2D eigenvalue weighted by Crippen LogP contribution is 2.28. The van der Waals surface area contributed by atoms with Gasteiger partial charge < -0.3 is 30.7 Å². The minimum Gasteiger partial charge on any atom is -0.496 e. The van der Waals surface area contributed by atoms with Gasteiger partial charge in [0.2, 0.25) is 6.41 Å². The molecule has 9 heteroatoms. The maximum Gasteiger partial charge on any atom is 0.255 e. The highest BCUT2D eigenvalue weighted by molar-refractivity contribution is 6.33. The lowest BCUT2D eigenvalue weighted by molar-refractivity contribution is -0.109. The zero-order chi connectivity index (χ0) is 26.5. The molecule has 0 unspecified atom stereocenters. The monoisotopic (exact) mass is 514 g/mol. The number of nitrogen functional groups attached to an aromatic ring is 1. The number of hydrogen-bond donors (Lipinski definition) is 3. The number of hydrogen-bond acceptors (Lipinski definition) is 6. The predicted octanol–water partition coefficient (Wildman–Crippen LogP) is 4.36. The molecule has 4 N–H and O–H groups in total. The first-order valence-electron chi connectivity index (χ1n) is 12.8. The molecule has 0 bridgehead atoms. The Morgan fingerprint density at radius 2 is 1.89 bits per heavy atom. The second-order valence-electron chi connectivity index (χ2n) is 8.25. The molecule has 0 aliphatic carbocycles. The van der Waals surface area contributed by atoms with Crippen molar-refractivity contribution in [2.45, 2.75) is 59.8 Å². The first kappa shape index (κ1) is 33.0. The van der Waals surface area contributed by atoms with E-state index < -0.39 is 0 Å². The fourth-order valence-electron chi connectivity index (χ4n) is 3.40. The topological polar surface area (TPSA) is 106 Å². The van der Waals surface area contributed by atoms with Crippen LogP contribution in [0.25, 0.3) is 0 Å². The summed E-state index contributed by atoms with van der Waals surface area (Å²) >= 11 is 6.02. The van der Waals surface area contributed by atoms with Gasteiger partial charge in [-0.3, -0.25) is 9.59 Å². The smallest absolute Gasteiger partial charge is 0.255 e. The Morgan fingerprint density at radius 1 is 1.23 bits per heavy atom. The number of nitrogens with two attached hydrogens (primary N) is 1. The molecule has 1 aliphatic heterocycles. The number of methoxy groups -OCH3 is 1. The predicted molar refractivity (Wildman–Crippen MR) is 145 cm³/mol. The Balaban J connectivity index is 0.000000952. The molecule has 202 valence electrons. The summed E-state index contributed by atoms with van der Waals surface area (Å²) in [6.45, 7) is 15.0. The SMILES string of the molecule is C1CCOC1.CCC(CC)CN(CC)CCCNC(=O)c1cc(Cl)c(N)cc1OC.CCNC=O. The summed E-state index contributed by atoms with van der Waals surface area (Å²) in [5.74, 6) is 0.987. The molecular weight excluding hydrogens is 468 g/mol. The van der Waals surface area contributed by atoms with E-state index >= 15 is 0 Å². The zero-order valence-electron chi connectivity index (χ0n) is 22.3. The molecule has 0 spiro atoms. The van der Waals surface area contributed by atoms with Gasteiger partial charge in [-0.2, -0.15) is 0 Å². The van der Waals surface area contributed by atoms with E-state index in [1.807, 2.05) is 6.92 Å². The van der Waals surface area contributed by atoms with Gasteiger partial charge in [-0.15, -0.1) is 0 Å². The Labute approximate surface area is 217 Å². The lowest BCUT2D eigenvalue weighted by Crippen LogP contribution is -2.33. The summed E-state index contributed by atoms with van der Waals surface area (Å²) in [5, 5.41) is 5.72. The number of benzene rings is 1. The molecule has 1 saturated heterocycles. The van der Waals surface area contributed by atoms with Crippen molar-refractivity contribution in [3.8, 4) is 5.75 Å². The molecule has 1 heterocycles. The quantitative estimate of drug-likeness (QED) is 0.205. The van der Waals surface area contributed by atoms with Crippen LogP contribution in [0.15, 0.2) is 12.1 Å². The van der Waals surface area contributed by atoms with E-state index in [1.165, 1.54) is 32.8 Å². The van der Waals surface area contributed by atoms with Crippen molar-refractivity contribution in [2.24, 2.45) is 5.92 Å². The second-order valence-corrected chi connectivity index (χ2v) is 8.66.